The van der Waals surface area contributed by atoms with Crippen molar-refractivity contribution in [2.45, 2.75) is 18.9 Å². The molecule has 2 N–H and O–H groups in total. The van der Waals surface area contributed by atoms with Crippen molar-refractivity contribution in [2.75, 3.05) is 13.2 Å². The third-order valence-corrected chi connectivity index (χ3v) is 3.32. The lowest BCUT2D eigenvalue weighted by Crippen LogP contribution is -2.31. The largest absolute Gasteiger partial charge is 0.488 e. The number of nitrogens with one attached hydrogen (secondary N) is 1. The third-order valence-electron chi connectivity index (χ3n) is 2.89. The number of benzene rings is 1. The van der Waals surface area contributed by atoms with Gasteiger partial charge in [-0.05, 0) is 42.7 Å². The van der Waals surface area contributed by atoms with E-state index in [1.807, 2.05) is 0 Å². The minimum absolute atomic E-state index is 0.0657. The van der Waals surface area contributed by atoms with Crippen LogP contribution >= 0.6 is 23.2 Å². The lowest BCUT2D eigenvalue weighted by Gasteiger charge is -2.16. The number of amides is 1. The predicted molar refractivity (Wildman–Crippen MR) is 77.7 cm³/mol. The second-order valence-corrected chi connectivity index (χ2v) is 5.36. The van der Waals surface area contributed by atoms with Crippen LogP contribution in [0.3, 0.4) is 0 Å². The van der Waals surface area contributed by atoms with E-state index in [0.717, 1.165) is 12.8 Å². The number of ether oxygens (including phenoxy) is 1. The van der Waals surface area contributed by atoms with Crippen LogP contribution in [-0.4, -0.2) is 24.2 Å². The number of carbonyl (C=O) groups excluding carboxylic acids is 1. The van der Waals surface area contributed by atoms with E-state index in [2.05, 4.69) is 5.32 Å². The fourth-order valence-corrected chi connectivity index (χ4v) is 2.42. The average Bonchev–Trinajstić information content (AvgIpc) is 2.44. The molecule has 2 rings (SSSR count). The van der Waals surface area contributed by atoms with Crippen molar-refractivity contribution in [3.63, 3.8) is 0 Å². The molecule has 1 aliphatic heterocycles. The molecule has 1 heterocycles. The van der Waals surface area contributed by atoms with E-state index in [0.29, 0.717) is 28.0 Å². The number of allylic oxidation sites excluding steroid dienone is 1. The van der Waals surface area contributed by atoms with Gasteiger partial charge in [-0.3, -0.25) is 4.79 Å². The number of hydrogen-bond donors (Lipinski definition) is 2. The molecule has 1 aromatic rings. The standard InChI is InChI=1S/C14H15Cl2NO3/c15-10-5-9(6-11(16)7-10)12(18)8-17-14(19)13-3-1-2-4-20-13/h3,5-7,12,18H,1-2,4,8H2,(H,17,19). The maximum Gasteiger partial charge on any atom is 0.286 e. The number of halogens is 2. The summed E-state index contributed by atoms with van der Waals surface area (Å²) in [6, 6.07) is 4.81. The molecule has 1 amide bonds. The van der Waals surface area contributed by atoms with Crippen molar-refractivity contribution in [1.29, 1.82) is 0 Å². The summed E-state index contributed by atoms with van der Waals surface area (Å²) in [4.78, 5) is 11.8. The molecular weight excluding hydrogens is 301 g/mol. The minimum Gasteiger partial charge on any atom is -0.488 e. The lowest BCUT2D eigenvalue weighted by molar-refractivity contribution is -0.121. The van der Waals surface area contributed by atoms with Crippen LogP contribution in [0.4, 0.5) is 0 Å². The summed E-state index contributed by atoms with van der Waals surface area (Å²) >= 11 is 11.7. The van der Waals surface area contributed by atoms with Gasteiger partial charge in [-0.25, -0.2) is 0 Å². The Kier molecular flexibility index (Phi) is 5.29. The van der Waals surface area contributed by atoms with Gasteiger partial charge in [0.25, 0.3) is 5.91 Å². The Morgan fingerprint density at radius 1 is 1.35 bits per heavy atom. The van der Waals surface area contributed by atoms with Crippen LogP contribution in [-0.2, 0) is 9.53 Å². The predicted octanol–water partition coefficient (Wildman–Crippen LogP) is 2.84. The highest BCUT2D eigenvalue weighted by atomic mass is 35.5. The summed E-state index contributed by atoms with van der Waals surface area (Å²) in [5, 5.41) is 13.5. The molecule has 0 fully saturated rings. The van der Waals surface area contributed by atoms with Gasteiger partial charge >= 0.3 is 0 Å². The second kappa shape index (κ2) is 6.97. The van der Waals surface area contributed by atoms with Gasteiger partial charge in [-0.2, -0.15) is 0 Å². The zero-order valence-electron chi connectivity index (χ0n) is 10.7. The molecule has 108 valence electrons. The van der Waals surface area contributed by atoms with Crippen LogP contribution < -0.4 is 5.32 Å². The van der Waals surface area contributed by atoms with Gasteiger partial charge in [0.1, 0.15) is 0 Å². The molecule has 20 heavy (non-hydrogen) atoms. The first kappa shape index (κ1) is 15.2. The smallest absolute Gasteiger partial charge is 0.286 e. The summed E-state index contributed by atoms with van der Waals surface area (Å²) < 4.78 is 5.24. The highest BCUT2D eigenvalue weighted by molar-refractivity contribution is 6.34. The van der Waals surface area contributed by atoms with E-state index >= 15 is 0 Å². The quantitative estimate of drug-likeness (QED) is 0.898. The summed E-state index contributed by atoms with van der Waals surface area (Å²) in [5.74, 6) is -0.00977. The molecule has 1 atom stereocenters. The number of aliphatic hydroxyl groups excluding tert-OH is 1. The molecule has 0 radical (unpaired) electrons. The van der Waals surface area contributed by atoms with Crippen molar-refractivity contribution in [3.8, 4) is 0 Å². The molecule has 1 aliphatic rings. The van der Waals surface area contributed by atoms with Crippen LogP contribution in [0.25, 0.3) is 0 Å². The summed E-state index contributed by atoms with van der Waals surface area (Å²) in [6.45, 7) is 0.613. The fraction of sp³-hybridized carbons (Fsp3) is 0.357. The van der Waals surface area contributed by atoms with Crippen LogP contribution in [0.5, 0.6) is 0 Å². The Labute approximate surface area is 127 Å². The molecule has 0 bridgehead atoms. The normalized spacial score (nSPS) is 16.1. The van der Waals surface area contributed by atoms with Crippen LogP contribution in [0, 0.1) is 0 Å². The molecule has 6 heteroatoms. The zero-order valence-corrected chi connectivity index (χ0v) is 12.2. The number of aliphatic hydroxyl groups is 1. The summed E-state index contributed by atoms with van der Waals surface area (Å²) in [5.41, 5.74) is 0.557. The molecule has 1 aromatic carbocycles. The number of carbonyl (C=O) groups is 1. The van der Waals surface area contributed by atoms with Crippen molar-refractivity contribution in [1.82, 2.24) is 5.32 Å². The second-order valence-electron chi connectivity index (χ2n) is 4.49. The number of hydrogen-bond acceptors (Lipinski definition) is 3. The highest BCUT2D eigenvalue weighted by Crippen LogP contribution is 2.23. The van der Waals surface area contributed by atoms with Gasteiger partial charge in [-0.15, -0.1) is 0 Å². The van der Waals surface area contributed by atoms with Crippen LogP contribution in [0.1, 0.15) is 24.5 Å². The molecule has 4 nitrogen and oxygen atoms in total. The molecule has 0 saturated carbocycles. The molecule has 0 spiro atoms. The zero-order chi connectivity index (χ0) is 14.5. The van der Waals surface area contributed by atoms with E-state index in [-0.39, 0.29) is 12.5 Å². The summed E-state index contributed by atoms with van der Waals surface area (Å²) in [6.07, 6.45) is 2.62. The average molecular weight is 316 g/mol. The van der Waals surface area contributed by atoms with Crippen molar-refractivity contribution in [2.24, 2.45) is 0 Å². The summed E-state index contributed by atoms with van der Waals surface area (Å²) in [7, 11) is 0. The molecule has 0 aromatic heterocycles. The first-order valence-corrected chi connectivity index (χ1v) is 7.07. The maximum absolute atomic E-state index is 11.8. The minimum atomic E-state index is -0.876. The highest BCUT2D eigenvalue weighted by Gasteiger charge is 2.16. The Bertz CT molecular complexity index is 511. The van der Waals surface area contributed by atoms with Gasteiger partial charge in [-0.1, -0.05) is 23.2 Å². The van der Waals surface area contributed by atoms with E-state index < -0.39 is 6.10 Å². The van der Waals surface area contributed by atoms with Gasteiger partial charge in [0.2, 0.25) is 0 Å². The fourth-order valence-electron chi connectivity index (χ4n) is 1.88. The molecule has 1 unspecified atom stereocenters. The maximum atomic E-state index is 11.8. The van der Waals surface area contributed by atoms with E-state index in [1.54, 1.807) is 24.3 Å². The van der Waals surface area contributed by atoms with Gasteiger partial charge < -0.3 is 15.2 Å². The topological polar surface area (TPSA) is 58.6 Å². The Morgan fingerprint density at radius 3 is 2.65 bits per heavy atom. The molecule has 0 aliphatic carbocycles. The van der Waals surface area contributed by atoms with Crippen molar-refractivity contribution >= 4 is 29.1 Å². The van der Waals surface area contributed by atoms with Crippen molar-refractivity contribution < 1.29 is 14.6 Å². The van der Waals surface area contributed by atoms with Gasteiger partial charge in [0, 0.05) is 16.6 Å². The molecule has 0 saturated heterocycles. The van der Waals surface area contributed by atoms with Gasteiger partial charge in [0.05, 0.1) is 12.7 Å². The van der Waals surface area contributed by atoms with Crippen LogP contribution in [0.15, 0.2) is 30.0 Å². The van der Waals surface area contributed by atoms with Gasteiger partial charge in [0.15, 0.2) is 5.76 Å². The Morgan fingerprint density at radius 2 is 2.05 bits per heavy atom. The Balaban J connectivity index is 1.92. The SMILES string of the molecule is O=C(NCC(O)c1cc(Cl)cc(Cl)c1)C1=CCCCO1. The van der Waals surface area contributed by atoms with Crippen LogP contribution in [0.2, 0.25) is 10.0 Å². The van der Waals surface area contributed by atoms with Crippen molar-refractivity contribution in [3.05, 3.63) is 45.6 Å². The van der Waals surface area contributed by atoms with E-state index in [4.69, 9.17) is 27.9 Å². The van der Waals surface area contributed by atoms with E-state index in [9.17, 15) is 9.90 Å². The lowest BCUT2D eigenvalue weighted by atomic mass is 10.1. The first-order chi connectivity index (χ1) is 9.56. The number of rotatable bonds is 4. The monoisotopic (exact) mass is 315 g/mol. The first-order valence-electron chi connectivity index (χ1n) is 6.31. The van der Waals surface area contributed by atoms with E-state index in [1.165, 1.54) is 0 Å². The third kappa shape index (κ3) is 4.13. The molecular formula is C14H15Cl2NO3. The Hall–Kier alpha value is -1.23.